The molecule has 1 saturated heterocycles. The first-order valence-electron chi connectivity index (χ1n) is 6.08. The minimum absolute atomic E-state index is 0.0757. The Kier molecular flexibility index (Phi) is 3.78. The van der Waals surface area contributed by atoms with E-state index in [0.717, 1.165) is 24.9 Å². The van der Waals surface area contributed by atoms with Crippen molar-refractivity contribution < 1.29 is 9.53 Å². The van der Waals surface area contributed by atoms with E-state index in [2.05, 4.69) is 5.10 Å². The van der Waals surface area contributed by atoms with Crippen molar-refractivity contribution in [3.63, 3.8) is 0 Å². The molecule has 0 N–H and O–H groups in total. The summed E-state index contributed by atoms with van der Waals surface area (Å²) in [5.74, 6) is 0.0757. The second-order valence-corrected chi connectivity index (χ2v) is 4.40. The van der Waals surface area contributed by atoms with E-state index in [9.17, 15) is 4.79 Å². The van der Waals surface area contributed by atoms with Crippen LogP contribution in [0.4, 0.5) is 0 Å². The lowest BCUT2D eigenvalue weighted by molar-refractivity contribution is -0.140. The van der Waals surface area contributed by atoms with Crippen molar-refractivity contribution in [1.82, 2.24) is 14.7 Å². The number of nitrogens with zero attached hydrogens (tertiary/aromatic N) is 3. The largest absolute Gasteiger partial charge is 0.368 e. The molecule has 0 saturated carbocycles. The van der Waals surface area contributed by atoms with E-state index in [0.29, 0.717) is 13.2 Å². The van der Waals surface area contributed by atoms with Crippen LogP contribution in [0.2, 0.25) is 0 Å². The highest BCUT2D eigenvalue weighted by atomic mass is 16.5. The second kappa shape index (κ2) is 5.31. The molecule has 94 valence electrons. The molecule has 0 radical (unpaired) electrons. The Morgan fingerprint density at radius 1 is 1.71 bits per heavy atom. The smallest absolute Gasteiger partial charge is 0.251 e. The van der Waals surface area contributed by atoms with E-state index in [1.165, 1.54) is 0 Å². The number of aryl methyl sites for hydroxylation is 1. The van der Waals surface area contributed by atoms with Crippen LogP contribution < -0.4 is 0 Å². The van der Waals surface area contributed by atoms with Gasteiger partial charge in [-0.2, -0.15) is 5.10 Å². The molecule has 17 heavy (non-hydrogen) atoms. The Morgan fingerprint density at radius 2 is 2.53 bits per heavy atom. The normalized spacial score (nSPS) is 19.5. The molecule has 1 atom stereocenters. The zero-order valence-electron chi connectivity index (χ0n) is 10.4. The molecule has 5 nitrogen and oxygen atoms in total. The van der Waals surface area contributed by atoms with Gasteiger partial charge < -0.3 is 9.64 Å². The maximum atomic E-state index is 12.0. The van der Waals surface area contributed by atoms with Gasteiger partial charge in [-0.3, -0.25) is 9.48 Å². The summed E-state index contributed by atoms with van der Waals surface area (Å²) < 4.78 is 7.25. The summed E-state index contributed by atoms with van der Waals surface area (Å²) in [6.45, 7) is 4.19. The first-order chi connectivity index (χ1) is 8.20. The number of likely N-dealkylation sites (N-methyl/N-ethyl adjacent to an activating group) is 1. The molecule has 0 spiro atoms. The van der Waals surface area contributed by atoms with Crippen molar-refractivity contribution in [3.8, 4) is 0 Å². The van der Waals surface area contributed by atoms with Gasteiger partial charge in [0.15, 0.2) is 0 Å². The summed E-state index contributed by atoms with van der Waals surface area (Å²) in [6, 6.07) is 0. The number of ether oxygens (including phenoxy) is 1. The van der Waals surface area contributed by atoms with E-state index in [4.69, 9.17) is 4.74 Å². The van der Waals surface area contributed by atoms with Gasteiger partial charge in [-0.15, -0.1) is 0 Å². The van der Waals surface area contributed by atoms with Gasteiger partial charge in [0.1, 0.15) is 6.10 Å². The topological polar surface area (TPSA) is 47.4 Å². The Labute approximate surface area is 101 Å². The summed E-state index contributed by atoms with van der Waals surface area (Å²) in [6.07, 6.45) is 5.37. The first kappa shape index (κ1) is 12.1. The predicted octanol–water partition coefficient (Wildman–Crippen LogP) is 1.04. The molecule has 2 rings (SSSR count). The Bertz CT molecular complexity index is 383. The third-order valence-electron chi connectivity index (χ3n) is 3.01. The van der Waals surface area contributed by atoms with Crippen molar-refractivity contribution >= 4 is 5.91 Å². The van der Waals surface area contributed by atoms with Crippen molar-refractivity contribution in [2.45, 2.75) is 39.0 Å². The Hall–Kier alpha value is -1.36. The molecule has 1 aromatic heterocycles. The van der Waals surface area contributed by atoms with Gasteiger partial charge >= 0.3 is 0 Å². The minimum Gasteiger partial charge on any atom is -0.368 e. The van der Waals surface area contributed by atoms with Crippen LogP contribution in [-0.2, 0) is 22.6 Å². The summed E-state index contributed by atoms with van der Waals surface area (Å²) >= 11 is 0. The molecule has 1 fully saturated rings. The van der Waals surface area contributed by atoms with Crippen LogP contribution in [0.5, 0.6) is 0 Å². The standard InChI is InChI=1S/C12H19N3O2/c1-3-15-9-10(7-13-15)8-14(2)12(16)11-5-4-6-17-11/h7,9,11H,3-6,8H2,1-2H3. The van der Waals surface area contributed by atoms with Gasteiger partial charge in [-0.05, 0) is 19.8 Å². The average Bonchev–Trinajstić information content (AvgIpc) is 2.98. The monoisotopic (exact) mass is 237 g/mol. The Morgan fingerprint density at radius 3 is 3.12 bits per heavy atom. The number of hydrogen-bond acceptors (Lipinski definition) is 3. The molecule has 0 aromatic carbocycles. The highest BCUT2D eigenvalue weighted by Gasteiger charge is 2.26. The van der Waals surface area contributed by atoms with Crippen molar-refractivity contribution in [2.24, 2.45) is 0 Å². The van der Waals surface area contributed by atoms with E-state index >= 15 is 0 Å². The minimum atomic E-state index is -0.235. The number of rotatable bonds is 4. The maximum absolute atomic E-state index is 12.0. The Balaban J connectivity index is 1.91. The van der Waals surface area contributed by atoms with E-state index in [1.807, 2.05) is 31.0 Å². The lowest BCUT2D eigenvalue weighted by Crippen LogP contribution is -2.35. The molecule has 1 aliphatic rings. The predicted molar refractivity (Wildman–Crippen MR) is 63.3 cm³/mol. The van der Waals surface area contributed by atoms with Crippen LogP contribution in [0, 0.1) is 0 Å². The third kappa shape index (κ3) is 2.85. The SMILES string of the molecule is CCn1cc(CN(C)C(=O)C2CCCO2)cn1. The van der Waals surface area contributed by atoms with Crippen LogP contribution >= 0.6 is 0 Å². The molecule has 0 bridgehead atoms. The fourth-order valence-corrected chi connectivity index (χ4v) is 2.03. The molecular weight excluding hydrogens is 218 g/mol. The lowest BCUT2D eigenvalue weighted by atomic mass is 10.2. The zero-order chi connectivity index (χ0) is 12.3. The van der Waals surface area contributed by atoms with E-state index in [-0.39, 0.29) is 12.0 Å². The number of hydrogen-bond donors (Lipinski definition) is 0. The van der Waals surface area contributed by atoms with Crippen LogP contribution in [0.1, 0.15) is 25.3 Å². The number of aromatic nitrogens is 2. The molecule has 0 aliphatic carbocycles. The highest BCUT2D eigenvalue weighted by Crippen LogP contribution is 2.15. The van der Waals surface area contributed by atoms with Crippen molar-refractivity contribution in [1.29, 1.82) is 0 Å². The van der Waals surface area contributed by atoms with Gasteiger partial charge in [-0.25, -0.2) is 0 Å². The summed E-state index contributed by atoms with van der Waals surface area (Å²) in [5, 5.41) is 4.19. The molecule has 1 aliphatic heterocycles. The van der Waals surface area contributed by atoms with Gasteiger partial charge in [0.25, 0.3) is 5.91 Å². The van der Waals surface area contributed by atoms with Gasteiger partial charge in [0.05, 0.1) is 6.20 Å². The fourth-order valence-electron chi connectivity index (χ4n) is 2.03. The van der Waals surface area contributed by atoms with Crippen molar-refractivity contribution in [2.75, 3.05) is 13.7 Å². The summed E-state index contributed by atoms with van der Waals surface area (Å²) in [7, 11) is 1.81. The van der Waals surface area contributed by atoms with Gasteiger partial charge in [-0.1, -0.05) is 0 Å². The van der Waals surface area contributed by atoms with E-state index < -0.39 is 0 Å². The molecular formula is C12H19N3O2. The van der Waals surface area contributed by atoms with Crippen molar-refractivity contribution in [3.05, 3.63) is 18.0 Å². The lowest BCUT2D eigenvalue weighted by Gasteiger charge is -2.19. The van der Waals surface area contributed by atoms with Gasteiger partial charge in [0.2, 0.25) is 0 Å². The van der Waals surface area contributed by atoms with Crippen LogP contribution in [-0.4, -0.2) is 40.3 Å². The zero-order valence-corrected chi connectivity index (χ0v) is 10.4. The quantitative estimate of drug-likeness (QED) is 0.786. The molecule has 1 aromatic rings. The number of amides is 1. The first-order valence-corrected chi connectivity index (χ1v) is 6.08. The number of carbonyl (C=O) groups excluding carboxylic acids is 1. The number of carbonyl (C=O) groups is 1. The molecule has 5 heteroatoms. The fraction of sp³-hybridized carbons (Fsp3) is 0.667. The summed E-state index contributed by atoms with van der Waals surface area (Å²) in [5.41, 5.74) is 1.06. The average molecular weight is 237 g/mol. The highest BCUT2D eigenvalue weighted by molar-refractivity contribution is 5.80. The second-order valence-electron chi connectivity index (χ2n) is 4.40. The van der Waals surface area contributed by atoms with Crippen LogP contribution in [0.25, 0.3) is 0 Å². The summed E-state index contributed by atoms with van der Waals surface area (Å²) in [4.78, 5) is 13.7. The maximum Gasteiger partial charge on any atom is 0.251 e. The third-order valence-corrected chi connectivity index (χ3v) is 3.01. The molecule has 2 heterocycles. The van der Waals surface area contributed by atoms with Crippen LogP contribution in [0.3, 0.4) is 0 Å². The molecule has 1 amide bonds. The van der Waals surface area contributed by atoms with Gasteiger partial charge in [0, 0.05) is 38.5 Å². The van der Waals surface area contributed by atoms with Crippen LogP contribution in [0.15, 0.2) is 12.4 Å². The van der Waals surface area contributed by atoms with E-state index in [1.54, 1.807) is 4.90 Å². The molecule has 1 unspecified atom stereocenters.